The molecule has 1 aromatic heterocycles. The highest BCUT2D eigenvalue weighted by atomic mass is 32.1. The molecule has 3 nitrogen and oxygen atoms in total. The Morgan fingerprint density at radius 2 is 1.91 bits per heavy atom. The first kappa shape index (κ1) is 16.0. The number of rotatable bonds is 4. The lowest BCUT2D eigenvalue weighted by Crippen LogP contribution is -2.47. The molecule has 120 valence electrons. The predicted molar refractivity (Wildman–Crippen MR) is 96.4 cm³/mol. The first-order valence-corrected chi connectivity index (χ1v) is 8.88. The van der Waals surface area contributed by atoms with Gasteiger partial charge in [0.15, 0.2) is 0 Å². The van der Waals surface area contributed by atoms with Gasteiger partial charge in [-0.25, -0.2) is 0 Å². The van der Waals surface area contributed by atoms with Crippen molar-refractivity contribution in [3.63, 3.8) is 0 Å². The van der Waals surface area contributed by atoms with Crippen LogP contribution in [0.4, 0.5) is 0 Å². The van der Waals surface area contributed by atoms with Crippen molar-refractivity contribution in [2.24, 2.45) is 0 Å². The lowest BCUT2D eigenvalue weighted by Gasteiger charge is -2.34. The molecule has 0 bridgehead atoms. The summed E-state index contributed by atoms with van der Waals surface area (Å²) in [5, 5.41) is 2.02. The molecule has 1 amide bonds. The van der Waals surface area contributed by atoms with Gasteiger partial charge in [0.2, 0.25) is 5.91 Å². The lowest BCUT2D eigenvalue weighted by atomic mass is 10.1. The average molecular weight is 326 g/mol. The minimum absolute atomic E-state index is 0.119. The molecule has 3 rings (SSSR count). The van der Waals surface area contributed by atoms with Crippen molar-refractivity contribution >= 4 is 23.3 Å². The smallest absolute Gasteiger partial charge is 0.246 e. The van der Waals surface area contributed by atoms with Crippen LogP contribution in [0.15, 0.2) is 47.9 Å². The second-order valence-electron chi connectivity index (χ2n) is 5.88. The monoisotopic (exact) mass is 326 g/mol. The summed E-state index contributed by atoms with van der Waals surface area (Å²) in [6, 6.07) is 12.5. The third-order valence-corrected chi connectivity index (χ3v) is 5.11. The molecule has 0 N–H and O–H groups in total. The quantitative estimate of drug-likeness (QED) is 0.804. The fraction of sp³-hybridized carbons (Fsp3) is 0.316. The SMILES string of the molecule is Cc1ccccc1CN1CCN(C(=O)/C=C/c2cccs2)CC1. The molecule has 0 saturated carbocycles. The number of benzene rings is 1. The molecule has 0 spiro atoms. The summed E-state index contributed by atoms with van der Waals surface area (Å²) >= 11 is 1.65. The number of hydrogen-bond acceptors (Lipinski definition) is 3. The second-order valence-corrected chi connectivity index (χ2v) is 6.86. The van der Waals surface area contributed by atoms with Gasteiger partial charge >= 0.3 is 0 Å². The molecule has 2 heterocycles. The van der Waals surface area contributed by atoms with Crippen LogP contribution in [0.1, 0.15) is 16.0 Å². The van der Waals surface area contributed by atoms with Crippen LogP contribution in [0.2, 0.25) is 0 Å². The van der Waals surface area contributed by atoms with E-state index >= 15 is 0 Å². The fourth-order valence-electron chi connectivity index (χ4n) is 2.80. The Balaban J connectivity index is 1.50. The summed E-state index contributed by atoms with van der Waals surface area (Å²) in [6.07, 6.45) is 3.61. The van der Waals surface area contributed by atoms with E-state index in [0.717, 1.165) is 37.6 Å². The molecule has 23 heavy (non-hydrogen) atoms. The van der Waals surface area contributed by atoms with Gasteiger partial charge in [0, 0.05) is 43.7 Å². The normalized spacial score (nSPS) is 16.1. The fourth-order valence-corrected chi connectivity index (χ4v) is 3.42. The van der Waals surface area contributed by atoms with Gasteiger partial charge in [-0.2, -0.15) is 0 Å². The first-order valence-electron chi connectivity index (χ1n) is 8.00. The highest BCUT2D eigenvalue weighted by Gasteiger charge is 2.19. The van der Waals surface area contributed by atoms with Crippen LogP contribution in [-0.2, 0) is 11.3 Å². The van der Waals surface area contributed by atoms with Crippen molar-refractivity contribution in [1.29, 1.82) is 0 Å². The van der Waals surface area contributed by atoms with Crippen LogP contribution < -0.4 is 0 Å². The third kappa shape index (κ3) is 4.30. The standard InChI is InChI=1S/C19H22N2OS/c1-16-5-2-3-6-17(16)15-20-10-12-21(13-11-20)19(22)9-8-18-7-4-14-23-18/h2-9,14H,10-13,15H2,1H3/b9-8+. The molecular weight excluding hydrogens is 304 g/mol. The number of aryl methyl sites for hydroxylation is 1. The van der Waals surface area contributed by atoms with Crippen molar-refractivity contribution in [1.82, 2.24) is 9.80 Å². The highest BCUT2D eigenvalue weighted by molar-refractivity contribution is 7.10. The minimum Gasteiger partial charge on any atom is -0.337 e. The minimum atomic E-state index is 0.119. The summed E-state index contributed by atoms with van der Waals surface area (Å²) in [7, 11) is 0. The maximum Gasteiger partial charge on any atom is 0.246 e. The van der Waals surface area contributed by atoms with Crippen molar-refractivity contribution in [3.8, 4) is 0 Å². The van der Waals surface area contributed by atoms with E-state index in [1.807, 2.05) is 28.5 Å². The Morgan fingerprint density at radius 1 is 1.13 bits per heavy atom. The summed E-state index contributed by atoms with van der Waals surface area (Å²) < 4.78 is 0. The maximum absolute atomic E-state index is 12.2. The van der Waals surface area contributed by atoms with Crippen LogP contribution in [-0.4, -0.2) is 41.9 Å². The lowest BCUT2D eigenvalue weighted by molar-refractivity contribution is -0.127. The molecule has 2 aromatic rings. The Labute approximate surface area is 141 Å². The van der Waals surface area contributed by atoms with E-state index in [2.05, 4.69) is 36.1 Å². The van der Waals surface area contributed by atoms with Gasteiger partial charge in [0.1, 0.15) is 0 Å². The molecule has 0 aliphatic carbocycles. The van der Waals surface area contributed by atoms with E-state index in [1.165, 1.54) is 11.1 Å². The van der Waals surface area contributed by atoms with E-state index in [-0.39, 0.29) is 5.91 Å². The Kier molecular flexibility index (Phi) is 5.26. The molecule has 1 fully saturated rings. The Morgan fingerprint density at radius 3 is 2.61 bits per heavy atom. The Hall–Kier alpha value is -1.91. The summed E-state index contributed by atoms with van der Waals surface area (Å²) in [5.41, 5.74) is 2.72. The largest absolute Gasteiger partial charge is 0.337 e. The number of hydrogen-bond donors (Lipinski definition) is 0. The summed E-state index contributed by atoms with van der Waals surface area (Å²) in [6.45, 7) is 6.61. The van der Waals surface area contributed by atoms with Gasteiger partial charge in [0.05, 0.1) is 0 Å². The van der Waals surface area contributed by atoms with Crippen LogP contribution >= 0.6 is 11.3 Å². The molecule has 4 heteroatoms. The first-order chi connectivity index (χ1) is 11.2. The molecule has 1 aliphatic rings. The van der Waals surface area contributed by atoms with Gasteiger partial charge in [0.25, 0.3) is 0 Å². The average Bonchev–Trinajstić information content (AvgIpc) is 3.09. The van der Waals surface area contributed by atoms with E-state index in [4.69, 9.17) is 0 Å². The third-order valence-electron chi connectivity index (χ3n) is 4.27. The van der Waals surface area contributed by atoms with Gasteiger partial charge in [-0.05, 0) is 35.6 Å². The highest BCUT2D eigenvalue weighted by Crippen LogP contribution is 2.14. The van der Waals surface area contributed by atoms with Crippen molar-refractivity contribution in [2.75, 3.05) is 26.2 Å². The van der Waals surface area contributed by atoms with E-state index in [9.17, 15) is 4.79 Å². The molecule has 0 atom stereocenters. The summed E-state index contributed by atoms with van der Waals surface area (Å²) in [5.74, 6) is 0.119. The van der Waals surface area contributed by atoms with Gasteiger partial charge < -0.3 is 4.90 Å². The zero-order chi connectivity index (χ0) is 16.1. The van der Waals surface area contributed by atoms with Crippen LogP contribution in [0.25, 0.3) is 6.08 Å². The van der Waals surface area contributed by atoms with E-state index in [0.29, 0.717) is 0 Å². The van der Waals surface area contributed by atoms with Crippen LogP contribution in [0.5, 0.6) is 0 Å². The predicted octanol–water partition coefficient (Wildman–Crippen LogP) is 3.41. The van der Waals surface area contributed by atoms with Crippen molar-refractivity contribution < 1.29 is 4.79 Å². The molecule has 1 aromatic carbocycles. The van der Waals surface area contributed by atoms with Crippen LogP contribution in [0, 0.1) is 6.92 Å². The number of amides is 1. The number of nitrogens with zero attached hydrogens (tertiary/aromatic N) is 2. The second kappa shape index (κ2) is 7.57. The number of piperazine rings is 1. The van der Waals surface area contributed by atoms with Gasteiger partial charge in [-0.15, -0.1) is 11.3 Å². The van der Waals surface area contributed by atoms with E-state index in [1.54, 1.807) is 17.4 Å². The topological polar surface area (TPSA) is 23.6 Å². The van der Waals surface area contributed by atoms with Gasteiger partial charge in [-0.3, -0.25) is 9.69 Å². The summed E-state index contributed by atoms with van der Waals surface area (Å²) in [4.78, 5) is 17.7. The zero-order valence-electron chi connectivity index (χ0n) is 13.4. The molecule has 0 radical (unpaired) electrons. The number of carbonyl (C=O) groups excluding carboxylic acids is 1. The Bertz CT molecular complexity index is 670. The van der Waals surface area contributed by atoms with Crippen molar-refractivity contribution in [3.05, 3.63) is 63.9 Å². The molecule has 1 saturated heterocycles. The number of thiophene rings is 1. The zero-order valence-corrected chi connectivity index (χ0v) is 14.3. The molecular formula is C19H22N2OS. The van der Waals surface area contributed by atoms with Crippen LogP contribution in [0.3, 0.4) is 0 Å². The number of carbonyl (C=O) groups is 1. The molecule has 1 aliphatic heterocycles. The van der Waals surface area contributed by atoms with Gasteiger partial charge in [-0.1, -0.05) is 30.3 Å². The van der Waals surface area contributed by atoms with E-state index < -0.39 is 0 Å². The maximum atomic E-state index is 12.2. The van der Waals surface area contributed by atoms with Crippen molar-refractivity contribution in [2.45, 2.75) is 13.5 Å². The molecule has 0 unspecified atom stereocenters.